The molecule has 1 heterocycles. The van der Waals surface area contributed by atoms with Crippen molar-refractivity contribution < 1.29 is 14.3 Å². The molecule has 4 heteroatoms. The maximum atomic E-state index is 12.9. The standard InChI is InChI=1S/C29H49NO3/c1-21(2)13-14-29(16-18-32-28(7,8)20-29)15-17-30-27(31)19-26(22(3)4)24-9-11-25(12-10-24)33-23(5)6/h9-12,21-23,26H,13-20H2,1-8H3,(H,30,31)/t26-,29-/m0/s1. The van der Waals surface area contributed by atoms with Crippen molar-refractivity contribution in [3.05, 3.63) is 29.8 Å². The molecular formula is C29H49NO3. The van der Waals surface area contributed by atoms with Crippen LogP contribution in [0.3, 0.4) is 0 Å². The first kappa shape index (κ1) is 27.7. The number of ether oxygens (including phenoxy) is 2. The van der Waals surface area contributed by atoms with Crippen molar-refractivity contribution in [2.45, 2.75) is 112 Å². The van der Waals surface area contributed by atoms with Crippen LogP contribution in [-0.2, 0) is 9.53 Å². The molecule has 33 heavy (non-hydrogen) atoms. The van der Waals surface area contributed by atoms with E-state index in [0.717, 1.165) is 38.2 Å². The van der Waals surface area contributed by atoms with Crippen LogP contribution in [0.4, 0.5) is 0 Å². The summed E-state index contributed by atoms with van der Waals surface area (Å²) in [6.07, 6.45) is 6.33. The molecule has 1 aliphatic heterocycles. The minimum Gasteiger partial charge on any atom is -0.491 e. The second-order valence-corrected chi connectivity index (χ2v) is 11.9. The summed E-state index contributed by atoms with van der Waals surface area (Å²) in [5.41, 5.74) is 1.40. The highest BCUT2D eigenvalue weighted by atomic mass is 16.5. The highest BCUT2D eigenvalue weighted by molar-refractivity contribution is 5.76. The Bertz CT molecular complexity index is 723. The Morgan fingerprint density at radius 1 is 1.06 bits per heavy atom. The lowest BCUT2D eigenvalue weighted by Gasteiger charge is -2.45. The first-order chi connectivity index (χ1) is 15.4. The van der Waals surface area contributed by atoms with Crippen LogP contribution in [0.2, 0.25) is 0 Å². The number of hydrogen-bond acceptors (Lipinski definition) is 3. The summed E-state index contributed by atoms with van der Waals surface area (Å²) in [7, 11) is 0. The third-order valence-corrected chi connectivity index (χ3v) is 7.05. The Labute approximate surface area is 203 Å². The molecular weight excluding hydrogens is 410 g/mol. The summed E-state index contributed by atoms with van der Waals surface area (Å²) in [6, 6.07) is 8.27. The fourth-order valence-corrected chi connectivity index (χ4v) is 5.28. The van der Waals surface area contributed by atoms with Crippen LogP contribution in [0.15, 0.2) is 24.3 Å². The lowest BCUT2D eigenvalue weighted by Crippen LogP contribution is -2.43. The van der Waals surface area contributed by atoms with Gasteiger partial charge in [0, 0.05) is 19.6 Å². The average molecular weight is 460 g/mol. The van der Waals surface area contributed by atoms with Crippen molar-refractivity contribution in [1.82, 2.24) is 5.32 Å². The monoisotopic (exact) mass is 459 g/mol. The molecule has 2 rings (SSSR count). The zero-order valence-electron chi connectivity index (χ0n) is 22.5. The predicted octanol–water partition coefficient (Wildman–Crippen LogP) is 7.12. The molecule has 1 aromatic carbocycles. The third kappa shape index (κ3) is 9.31. The van der Waals surface area contributed by atoms with E-state index in [-0.39, 0.29) is 28.9 Å². The van der Waals surface area contributed by atoms with Gasteiger partial charge in [0.05, 0.1) is 11.7 Å². The molecule has 0 aliphatic carbocycles. The van der Waals surface area contributed by atoms with Crippen molar-refractivity contribution in [3.8, 4) is 5.75 Å². The van der Waals surface area contributed by atoms with Crippen LogP contribution < -0.4 is 10.1 Å². The summed E-state index contributed by atoms with van der Waals surface area (Å²) in [4.78, 5) is 12.9. The Hall–Kier alpha value is -1.55. The third-order valence-electron chi connectivity index (χ3n) is 7.05. The van der Waals surface area contributed by atoms with Gasteiger partial charge in [0.2, 0.25) is 5.91 Å². The van der Waals surface area contributed by atoms with E-state index in [4.69, 9.17) is 9.47 Å². The Morgan fingerprint density at radius 2 is 1.73 bits per heavy atom. The molecule has 0 spiro atoms. The SMILES string of the molecule is CC(C)CC[C@]1(CCNC(=O)C[C@H](c2ccc(OC(C)C)cc2)C(C)C)CCOC(C)(C)C1. The van der Waals surface area contributed by atoms with E-state index in [1.165, 1.54) is 18.4 Å². The number of carbonyl (C=O) groups excluding carboxylic acids is 1. The van der Waals surface area contributed by atoms with E-state index in [2.05, 4.69) is 59.0 Å². The molecule has 0 bridgehead atoms. The van der Waals surface area contributed by atoms with E-state index in [1.807, 2.05) is 26.0 Å². The van der Waals surface area contributed by atoms with E-state index in [0.29, 0.717) is 18.3 Å². The van der Waals surface area contributed by atoms with Crippen LogP contribution in [0.25, 0.3) is 0 Å². The molecule has 4 nitrogen and oxygen atoms in total. The van der Waals surface area contributed by atoms with Crippen LogP contribution in [-0.4, -0.2) is 30.8 Å². The molecule has 1 amide bonds. The molecule has 0 unspecified atom stereocenters. The van der Waals surface area contributed by atoms with Crippen molar-refractivity contribution in [1.29, 1.82) is 0 Å². The Kier molecular flexibility index (Phi) is 10.3. The number of nitrogens with one attached hydrogen (secondary N) is 1. The zero-order valence-corrected chi connectivity index (χ0v) is 22.5. The van der Waals surface area contributed by atoms with Gasteiger partial charge in [-0.15, -0.1) is 0 Å². The minimum atomic E-state index is -0.0760. The molecule has 1 fully saturated rings. The number of benzene rings is 1. The summed E-state index contributed by atoms with van der Waals surface area (Å²) in [5.74, 6) is 2.33. The van der Waals surface area contributed by atoms with Gasteiger partial charge in [-0.05, 0) is 94.2 Å². The van der Waals surface area contributed by atoms with E-state index in [1.54, 1.807) is 0 Å². The van der Waals surface area contributed by atoms with Crippen molar-refractivity contribution >= 4 is 5.91 Å². The van der Waals surface area contributed by atoms with Crippen molar-refractivity contribution in [3.63, 3.8) is 0 Å². The Balaban J connectivity index is 1.95. The number of hydrogen-bond donors (Lipinski definition) is 1. The van der Waals surface area contributed by atoms with Gasteiger partial charge in [-0.2, -0.15) is 0 Å². The molecule has 2 atom stereocenters. The predicted molar refractivity (Wildman–Crippen MR) is 138 cm³/mol. The van der Waals surface area contributed by atoms with E-state index in [9.17, 15) is 4.79 Å². The quantitative estimate of drug-likeness (QED) is 0.362. The topological polar surface area (TPSA) is 47.6 Å². The van der Waals surface area contributed by atoms with Gasteiger partial charge in [-0.1, -0.05) is 46.2 Å². The summed E-state index contributed by atoms with van der Waals surface area (Å²) < 4.78 is 11.8. The molecule has 1 N–H and O–H groups in total. The highest BCUT2D eigenvalue weighted by Gasteiger charge is 2.40. The lowest BCUT2D eigenvalue weighted by atomic mass is 9.68. The normalized spacial score (nSPS) is 21.4. The van der Waals surface area contributed by atoms with Crippen molar-refractivity contribution in [2.24, 2.45) is 17.3 Å². The molecule has 0 saturated carbocycles. The molecule has 188 valence electrons. The van der Waals surface area contributed by atoms with Gasteiger partial charge in [0.1, 0.15) is 5.75 Å². The first-order valence-corrected chi connectivity index (χ1v) is 13.1. The minimum absolute atomic E-state index is 0.0760. The van der Waals surface area contributed by atoms with Crippen LogP contribution in [0, 0.1) is 17.3 Å². The molecule has 1 saturated heterocycles. The van der Waals surface area contributed by atoms with E-state index < -0.39 is 0 Å². The van der Waals surface area contributed by atoms with Gasteiger partial charge in [0.25, 0.3) is 0 Å². The van der Waals surface area contributed by atoms with E-state index >= 15 is 0 Å². The van der Waals surface area contributed by atoms with Gasteiger partial charge in [-0.25, -0.2) is 0 Å². The maximum Gasteiger partial charge on any atom is 0.220 e. The van der Waals surface area contributed by atoms with Gasteiger partial charge < -0.3 is 14.8 Å². The lowest BCUT2D eigenvalue weighted by molar-refractivity contribution is -0.122. The molecule has 1 aliphatic rings. The maximum absolute atomic E-state index is 12.9. The van der Waals surface area contributed by atoms with Gasteiger partial charge in [-0.3, -0.25) is 4.79 Å². The summed E-state index contributed by atoms with van der Waals surface area (Å²) >= 11 is 0. The fourth-order valence-electron chi connectivity index (χ4n) is 5.28. The second-order valence-electron chi connectivity index (χ2n) is 11.9. The first-order valence-electron chi connectivity index (χ1n) is 13.1. The van der Waals surface area contributed by atoms with Crippen molar-refractivity contribution in [2.75, 3.05) is 13.2 Å². The molecule has 1 aromatic rings. The molecule has 0 aromatic heterocycles. The van der Waals surface area contributed by atoms with Gasteiger partial charge >= 0.3 is 0 Å². The van der Waals surface area contributed by atoms with Gasteiger partial charge in [0.15, 0.2) is 0 Å². The fraction of sp³-hybridized carbons (Fsp3) is 0.759. The smallest absolute Gasteiger partial charge is 0.220 e. The largest absolute Gasteiger partial charge is 0.491 e. The number of amides is 1. The summed E-state index contributed by atoms with van der Waals surface area (Å²) in [6.45, 7) is 19.0. The average Bonchev–Trinajstić information content (AvgIpc) is 2.70. The number of rotatable bonds is 12. The van der Waals surface area contributed by atoms with Crippen LogP contribution >= 0.6 is 0 Å². The van der Waals surface area contributed by atoms with Crippen LogP contribution in [0.1, 0.15) is 105 Å². The Morgan fingerprint density at radius 3 is 2.27 bits per heavy atom. The number of carbonyl (C=O) groups is 1. The summed E-state index contributed by atoms with van der Waals surface area (Å²) in [5, 5.41) is 3.26. The highest BCUT2D eigenvalue weighted by Crippen LogP contribution is 2.45. The second kappa shape index (κ2) is 12.2. The van der Waals surface area contributed by atoms with Crippen LogP contribution in [0.5, 0.6) is 5.75 Å². The zero-order chi connectivity index (χ0) is 24.6. The molecule has 0 radical (unpaired) electrons.